The number of carboxylic acids is 1. The van der Waals surface area contributed by atoms with E-state index in [-0.39, 0.29) is 9.70 Å². The molecule has 2 rings (SSSR count). The van der Waals surface area contributed by atoms with Gasteiger partial charge in [-0.2, -0.15) is 0 Å². The van der Waals surface area contributed by atoms with Crippen LogP contribution < -0.4 is 5.56 Å². The molecule has 1 heterocycles. The van der Waals surface area contributed by atoms with Crippen molar-refractivity contribution in [3.63, 3.8) is 0 Å². The molecule has 116 valence electrons. The predicted octanol–water partition coefficient (Wildman–Crippen LogP) is 3.44. The summed E-state index contributed by atoms with van der Waals surface area (Å²) < 4.78 is 1.40. The Kier molecular flexibility index (Phi) is 5.10. The van der Waals surface area contributed by atoms with E-state index in [1.54, 1.807) is 12.1 Å². The summed E-state index contributed by atoms with van der Waals surface area (Å²) in [5.74, 6) is -0.922. The maximum absolute atomic E-state index is 12.3. The van der Waals surface area contributed by atoms with Crippen molar-refractivity contribution in [1.82, 2.24) is 4.57 Å². The van der Waals surface area contributed by atoms with Crippen molar-refractivity contribution < 1.29 is 15.0 Å². The third kappa shape index (κ3) is 3.42. The van der Waals surface area contributed by atoms with E-state index in [1.165, 1.54) is 29.5 Å². The first-order valence-electron chi connectivity index (χ1n) is 6.73. The molecule has 0 aliphatic carbocycles. The molecule has 2 aromatic rings. The lowest BCUT2D eigenvalue weighted by Gasteiger charge is -2.15. The fourth-order valence-corrected chi connectivity index (χ4v) is 3.53. The van der Waals surface area contributed by atoms with Crippen molar-refractivity contribution in [2.45, 2.75) is 25.8 Å². The minimum absolute atomic E-state index is 0.134. The quantitative estimate of drug-likeness (QED) is 0.817. The highest BCUT2D eigenvalue weighted by Gasteiger charge is 2.21. The Balaban J connectivity index is 2.53. The zero-order chi connectivity index (χ0) is 16.3. The largest absolute Gasteiger partial charge is 0.508 e. The van der Waals surface area contributed by atoms with Crippen LogP contribution in [0.1, 0.15) is 25.8 Å². The fourth-order valence-electron chi connectivity index (χ4n) is 2.13. The second kappa shape index (κ2) is 6.85. The number of phenolic OH excluding ortho intramolecular Hbond substituents is 1. The summed E-state index contributed by atoms with van der Waals surface area (Å²) in [6.07, 6.45) is 0.993. The molecule has 2 N–H and O–H groups in total. The topological polar surface area (TPSA) is 79.5 Å². The molecule has 0 fully saturated rings. The monoisotopic (exact) mass is 337 g/mol. The van der Waals surface area contributed by atoms with Gasteiger partial charge in [0.1, 0.15) is 11.8 Å². The van der Waals surface area contributed by atoms with E-state index in [4.69, 9.17) is 12.2 Å². The van der Waals surface area contributed by atoms with E-state index in [1.807, 2.05) is 6.92 Å². The van der Waals surface area contributed by atoms with Gasteiger partial charge in [-0.15, -0.1) is 11.3 Å². The van der Waals surface area contributed by atoms with Gasteiger partial charge in [-0.25, -0.2) is 4.79 Å². The Hall–Kier alpha value is -1.99. The van der Waals surface area contributed by atoms with E-state index < -0.39 is 17.6 Å². The van der Waals surface area contributed by atoms with E-state index in [0.29, 0.717) is 17.7 Å². The number of benzene rings is 1. The number of phenols is 1. The first kappa shape index (κ1) is 16.4. The number of aliphatic carboxylic acids is 1. The minimum atomic E-state index is -1.06. The van der Waals surface area contributed by atoms with E-state index in [9.17, 15) is 19.8 Å². The van der Waals surface area contributed by atoms with Gasteiger partial charge in [0.25, 0.3) is 5.56 Å². The van der Waals surface area contributed by atoms with E-state index >= 15 is 0 Å². The number of aromatic nitrogens is 1. The molecule has 0 amide bonds. The molecule has 22 heavy (non-hydrogen) atoms. The standard InChI is InChI=1S/C15H15NO4S2/c1-2-3-11(14(19)20)16-13(18)8-12(22-15(16)21)9-4-6-10(17)7-5-9/h4-8,11,17H,2-3H2,1H3,(H,19,20). The summed E-state index contributed by atoms with van der Waals surface area (Å²) in [5, 5.41) is 18.6. The zero-order valence-electron chi connectivity index (χ0n) is 11.9. The van der Waals surface area contributed by atoms with Crippen LogP contribution >= 0.6 is 23.6 Å². The average Bonchev–Trinajstić information content (AvgIpc) is 2.46. The molecular weight excluding hydrogens is 322 g/mol. The third-order valence-electron chi connectivity index (χ3n) is 3.20. The van der Waals surface area contributed by atoms with Crippen LogP contribution in [0.2, 0.25) is 0 Å². The molecule has 0 radical (unpaired) electrons. The molecule has 1 aromatic carbocycles. The van der Waals surface area contributed by atoms with Gasteiger partial charge in [0.15, 0.2) is 3.95 Å². The molecule has 5 nitrogen and oxygen atoms in total. The van der Waals surface area contributed by atoms with Crippen molar-refractivity contribution in [2.24, 2.45) is 0 Å². The van der Waals surface area contributed by atoms with Crippen LogP contribution in [0.25, 0.3) is 10.4 Å². The first-order valence-corrected chi connectivity index (χ1v) is 7.95. The van der Waals surface area contributed by atoms with Gasteiger partial charge < -0.3 is 10.2 Å². The Labute approximate surface area is 136 Å². The van der Waals surface area contributed by atoms with E-state index in [0.717, 1.165) is 10.1 Å². The Morgan fingerprint density at radius 3 is 2.50 bits per heavy atom. The first-order chi connectivity index (χ1) is 10.4. The summed E-state index contributed by atoms with van der Waals surface area (Å²) in [6, 6.07) is 6.86. The molecule has 0 saturated carbocycles. The van der Waals surface area contributed by atoms with Crippen LogP contribution in [0.3, 0.4) is 0 Å². The summed E-state index contributed by atoms with van der Waals surface area (Å²) in [5.41, 5.74) is 0.327. The van der Waals surface area contributed by atoms with Crippen molar-refractivity contribution in [3.8, 4) is 16.2 Å². The Bertz CT molecular complexity index is 761. The van der Waals surface area contributed by atoms with Crippen LogP contribution in [-0.4, -0.2) is 20.7 Å². The van der Waals surface area contributed by atoms with Gasteiger partial charge in [-0.3, -0.25) is 9.36 Å². The SMILES string of the molecule is CCCC(C(=O)O)n1c(=O)cc(-c2ccc(O)cc2)sc1=S. The lowest BCUT2D eigenvalue weighted by atomic mass is 10.1. The molecule has 1 atom stereocenters. The summed E-state index contributed by atoms with van der Waals surface area (Å²) in [7, 11) is 0. The normalized spacial score (nSPS) is 12.0. The summed E-state index contributed by atoms with van der Waals surface area (Å²) in [6.45, 7) is 1.86. The van der Waals surface area contributed by atoms with Crippen LogP contribution in [0.4, 0.5) is 0 Å². The second-order valence-corrected chi connectivity index (χ2v) is 6.45. The number of hydrogen-bond acceptors (Lipinski definition) is 5. The Morgan fingerprint density at radius 1 is 1.36 bits per heavy atom. The van der Waals surface area contributed by atoms with Gasteiger partial charge >= 0.3 is 5.97 Å². The van der Waals surface area contributed by atoms with Crippen molar-refractivity contribution in [1.29, 1.82) is 0 Å². The van der Waals surface area contributed by atoms with Gasteiger partial charge in [-0.05, 0) is 48.5 Å². The van der Waals surface area contributed by atoms with Crippen LogP contribution in [0.15, 0.2) is 35.1 Å². The predicted molar refractivity (Wildman–Crippen MR) is 88.1 cm³/mol. The van der Waals surface area contributed by atoms with Crippen LogP contribution in [0.5, 0.6) is 5.75 Å². The lowest BCUT2D eigenvalue weighted by molar-refractivity contribution is -0.141. The van der Waals surface area contributed by atoms with Crippen molar-refractivity contribution in [2.75, 3.05) is 0 Å². The molecule has 0 aliphatic rings. The highest BCUT2D eigenvalue weighted by Crippen LogP contribution is 2.26. The van der Waals surface area contributed by atoms with Crippen LogP contribution in [-0.2, 0) is 4.79 Å². The molecule has 7 heteroatoms. The molecule has 0 saturated heterocycles. The number of aromatic hydroxyl groups is 1. The van der Waals surface area contributed by atoms with Crippen molar-refractivity contribution >= 4 is 29.5 Å². The lowest BCUT2D eigenvalue weighted by Crippen LogP contribution is -2.29. The molecular formula is C15H15NO4S2. The number of carbonyl (C=O) groups is 1. The molecule has 0 spiro atoms. The smallest absolute Gasteiger partial charge is 0.326 e. The van der Waals surface area contributed by atoms with Gasteiger partial charge in [-0.1, -0.05) is 13.3 Å². The average molecular weight is 337 g/mol. The van der Waals surface area contributed by atoms with Gasteiger partial charge in [0, 0.05) is 10.9 Å². The third-order valence-corrected chi connectivity index (χ3v) is 4.59. The molecule has 1 aromatic heterocycles. The second-order valence-electron chi connectivity index (χ2n) is 4.77. The number of nitrogens with zero attached hydrogens (tertiary/aromatic N) is 1. The number of rotatable bonds is 5. The number of hydrogen-bond donors (Lipinski definition) is 2. The number of carboxylic acid groups (broad SMARTS) is 1. The van der Waals surface area contributed by atoms with E-state index in [2.05, 4.69) is 0 Å². The van der Waals surface area contributed by atoms with Crippen LogP contribution in [0, 0.1) is 3.95 Å². The maximum atomic E-state index is 12.3. The minimum Gasteiger partial charge on any atom is -0.508 e. The van der Waals surface area contributed by atoms with Gasteiger partial charge in [0.05, 0.1) is 0 Å². The zero-order valence-corrected chi connectivity index (χ0v) is 13.5. The summed E-state index contributed by atoms with van der Waals surface area (Å²) in [4.78, 5) is 24.3. The molecule has 0 aliphatic heterocycles. The molecule has 1 unspecified atom stereocenters. The highest BCUT2D eigenvalue weighted by atomic mass is 32.1. The Morgan fingerprint density at radius 2 is 2.00 bits per heavy atom. The van der Waals surface area contributed by atoms with Crippen molar-refractivity contribution in [3.05, 3.63) is 44.6 Å². The summed E-state index contributed by atoms with van der Waals surface area (Å²) >= 11 is 6.41. The molecule has 0 bridgehead atoms. The highest BCUT2D eigenvalue weighted by molar-refractivity contribution is 7.73. The maximum Gasteiger partial charge on any atom is 0.326 e. The fraction of sp³-hybridized carbons (Fsp3) is 0.267. The van der Waals surface area contributed by atoms with Gasteiger partial charge in [0.2, 0.25) is 0 Å².